The summed E-state index contributed by atoms with van der Waals surface area (Å²) in [6.45, 7) is 2.02. The summed E-state index contributed by atoms with van der Waals surface area (Å²) in [6, 6.07) is 4.74. The average molecular weight is 242 g/mol. The number of nitrogens with zero attached hydrogens (tertiary/aromatic N) is 2. The molecule has 0 spiro atoms. The maximum Gasteiger partial charge on any atom is 0.272 e. The number of carbonyl (C=O) groups excluding carboxylic acids is 2. The van der Waals surface area contributed by atoms with Crippen molar-refractivity contribution in [2.75, 3.05) is 13.1 Å². The molecule has 0 bridgehead atoms. The number of halogens is 1. The molecule has 2 N–H and O–H groups in total. The van der Waals surface area contributed by atoms with Crippen LogP contribution in [0.15, 0.2) is 18.2 Å². The van der Waals surface area contributed by atoms with E-state index >= 15 is 0 Å². The lowest BCUT2D eigenvalue weighted by Crippen LogP contribution is -2.38. The number of nitrogens with two attached hydrogens (primary N) is 1. The van der Waals surface area contributed by atoms with Crippen LogP contribution in [0.5, 0.6) is 0 Å². The molecule has 1 heterocycles. The zero-order valence-corrected chi connectivity index (χ0v) is 9.57. The first-order chi connectivity index (χ1) is 7.54. The molecule has 0 unspecified atom stereocenters. The van der Waals surface area contributed by atoms with Gasteiger partial charge in [0.25, 0.3) is 5.91 Å². The molecule has 1 aromatic heterocycles. The molecule has 0 aliphatic rings. The van der Waals surface area contributed by atoms with Crippen molar-refractivity contribution >= 4 is 23.4 Å². The quantitative estimate of drug-likeness (QED) is 0.788. The molecule has 16 heavy (non-hydrogen) atoms. The molecule has 5 nitrogen and oxygen atoms in total. The number of aromatic nitrogens is 1. The standard InChI is InChI=1S/C10H12ClN3O2/c1-2-14(6-9(12)15)10(16)7-4-3-5-8(11)13-7/h3-5H,2,6H2,1H3,(H2,12,15). The molecular formula is C10H12ClN3O2. The van der Waals surface area contributed by atoms with E-state index in [0.717, 1.165) is 0 Å². The number of primary amides is 1. The Kier molecular flexibility index (Phi) is 4.25. The lowest BCUT2D eigenvalue weighted by molar-refractivity contribution is -0.118. The molecule has 1 aromatic rings. The van der Waals surface area contributed by atoms with Crippen molar-refractivity contribution in [1.29, 1.82) is 0 Å². The third kappa shape index (κ3) is 3.20. The summed E-state index contributed by atoms with van der Waals surface area (Å²) in [5.74, 6) is -0.916. The summed E-state index contributed by atoms with van der Waals surface area (Å²) in [4.78, 5) is 27.8. The van der Waals surface area contributed by atoms with E-state index in [1.54, 1.807) is 19.1 Å². The topological polar surface area (TPSA) is 76.3 Å². The van der Waals surface area contributed by atoms with Crippen molar-refractivity contribution < 1.29 is 9.59 Å². The van der Waals surface area contributed by atoms with Crippen LogP contribution in [-0.4, -0.2) is 34.8 Å². The fraction of sp³-hybridized carbons (Fsp3) is 0.300. The number of amides is 2. The second kappa shape index (κ2) is 5.46. The fourth-order valence-electron chi connectivity index (χ4n) is 1.20. The lowest BCUT2D eigenvalue weighted by atomic mass is 10.3. The van der Waals surface area contributed by atoms with Crippen LogP contribution in [0.1, 0.15) is 17.4 Å². The summed E-state index contributed by atoms with van der Waals surface area (Å²) in [7, 11) is 0. The largest absolute Gasteiger partial charge is 0.368 e. The molecule has 0 saturated heterocycles. The Morgan fingerprint density at radius 3 is 2.69 bits per heavy atom. The molecule has 0 aromatic carbocycles. The van der Waals surface area contributed by atoms with Gasteiger partial charge >= 0.3 is 0 Å². The Labute approximate surface area is 98.2 Å². The molecule has 0 fully saturated rings. The van der Waals surface area contributed by atoms with Crippen LogP contribution in [0, 0.1) is 0 Å². The number of carbonyl (C=O) groups is 2. The first kappa shape index (κ1) is 12.4. The first-order valence-electron chi connectivity index (χ1n) is 4.74. The fourth-order valence-corrected chi connectivity index (χ4v) is 1.37. The molecule has 86 valence electrons. The van der Waals surface area contributed by atoms with E-state index in [4.69, 9.17) is 17.3 Å². The molecule has 0 radical (unpaired) electrons. The van der Waals surface area contributed by atoms with E-state index in [1.165, 1.54) is 11.0 Å². The van der Waals surface area contributed by atoms with Gasteiger partial charge in [0.2, 0.25) is 5.91 Å². The van der Waals surface area contributed by atoms with Crippen LogP contribution < -0.4 is 5.73 Å². The predicted molar refractivity (Wildman–Crippen MR) is 60.0 cm³/mol. The molecule has 2 amide bonds. The number of hydrogen-bond donors (Lipinski definition) is 1. The maximum atomic E-state index is 11.9. The minimum absolute atomic E-state index is 0.122. The zero-order chi connectivity index (χ0) is 12.1. The van der Waals surface area contributed by atoms with Crippen molar-refractivity contribution in [1.82, 2.24) is 9.88 Å². The molecule has 0 atom stereocenters. The molecule has 0 saturated carbocycles. The normalized spacial score (nSPS) is 9.88. The number of likely N-dealkylation sites (N-methyl/N-ethyl adjacent to an activating group) is 1. The van der Waals surface area contributed by atoms with Gasteiger partial charge in [0.05, 0.1) is 6.54 Å². The first-order valence-corrected chi connectivity index (χ1v) is 5.12. The van der Waals surface area contributed by atoms with Crippen LogP contribution in [0.4, 0.5) is 0 Å². The minimum Gasteiger partial charge on any atom is -0.368 e. The van der Waals surface area contributed by atoms with Gasteiger partial charge in [-0.3, -0.25) is 9.59 Å². The number of hydrogen-bond acceptors (Lipinski definition) is 3. The van der Waals surface area contributed by atoms with Gasteiger partial charge in [-0.1, -0.05) is 17.7 Å². The third-order valence-corrected chi connectivity index (χ3v) is 2.16. The van der Waals surface area contributed by atoms with Crippen molar-refractivity contribution in [2.45, 2.75) is 6.92 Å². The van der Waals surface area contributed by atoms with Gasteiger partial charge in [-0.15, -0.1) is 0 Å². The smallest absolute Gasteiger partial charge is 0.272 e. The van der Waals surface area contributed by atoms with E-state index in [1.807, 2.05) is 0 Å². The van der Waals surface area contributed by atoms with Crippen LogP contribution >= 0.6 is 11.6 Å². The Balaban J connectivity index is 2.86. The van der Waals surface area contributed by atoms with Gasteiger partial charge < -0.3 is 10.6 Å². The SMILES string of the molecule is CCN(CC(N)=O)C(=O)c1cccc(Cl)n1. The monoisotopic (exact) mass is 241 g/mol. The van der Waals surface area contributed by atoms with Crippen molar-refractivity contribution in [3.63, 3.8) is 0 Å². The summed E-state index contributed by atoms with van der Waals surface area (Å²) in [6.07, 6.45) is 0. The van der Waals surface area contributed by atoms with Gasteiger partial charge in [-0.25, -0.2) is 4.98 Å². The minimum atomic E-state index is -0.558. The van der Waals surface area contributed by atoms with Crippen molar-refractivity contribution in [3.8, 4) is 0 Å². The highest BCUT2D eigenvalue weighted by Crippen LogP contribution is 2.07. The highest BCUT2D eigenvalue weighted by Gasteiger charge is 2.17. The predicted octanol–water partition coefficient (Wildman–Crippen LogP) is 0.682. The molecule has 0 aliphatic carbocycles. The van der Waals surface area contributed by atoms with Gasteiger partial charge in [-0.05, 0) is 19.1 Å². The van der Waals surface area contributed by atoms with Gasteiger partial charge in [-0.2, -0.15) is 0 Å². The Bertz CT molecular complexity index is 409. The van der Waals surface area contributed by atoms with Gasteiger partial charge in [0, 0.05) is 6.54 Å². The Morgan fingerprint density at radius 2 is 2.19 bits per heavy atom. The average Bonchev–Trinajstić information content (AvgIpc) is 2.24. The lowest BCUT2D eigenvalue weighted by Gasteiger charge is -2.18. The highest BCUT2D eigenvalue weighted by atomic mass is 35.5. The second-order valence-corrected chi connectivity index (χ2v) is 3.52. The summed E-state index contributed by atoms with van der Waals surface area (Å²) < 4.78 is 0. The van der Waals surface area contributed by atoms with Gasteiger partial charge in [0.15, 0.2) is 0 Å². The zero-order valence-electron chi connectivity index (χ0n) is 8.81. The van der Waals surface area contributed by atoms with Crippen LogP contribution in [0.2, 0.25) is 5.15 Å². The van der Waals surface area contributed by atoms with Crippen LogP contribution in [-0.2, 0) is 4.79 Å². The van der Waals surface area contributed by atoms with E-state index in [9.17, 15) is 9.59 Å². The molecule has 1 rings (SSSR count). The molecule has 0 aliphatic heterocycles. The van der Waals surface area contributed by atoms with E-state index in [0.29, 0.717) is 6.54 Å². The van der Waals surface area contributed by atoms with Gasteiger partial charge in [0.1, 0.15) is 10.8 Å². The third-order valence-electron chi connectivity index (χ3n) is 1.95. The van der Waals surface area contributed by atoms with Crippen molar-refractivity contribution in [3.05, 3.63) is 29.0 Å². The summed E-state index contributed by atoms with van der Waals surface area (Å²) >= 11 is 5.67. The Morgan fingerprint density at radius 1 is 1.50 bits per heavy atom. The van der Waals surface area contributed by atoms with E-state index < -0.39 is 5.91 Å². The van der Waals surface area contributed by atoms with Crippen LogP contribution in [0.3, 0.4) is 0 Å². The van der Waals surface area contributed by atoms with Crippen LogP contribution in [0.25, 0.3) is 0 Å². The maximum absolute atomic E-state index is 11.9. The number of pyridine rings is 1. The summed E-state index contributed by atoms with van der Waals surface area (Å²) in [5, 5.41) is 0.237. The van der Waals surface area contributed by atoms with Crippen molar-refractivity contribution in [2.24, 2.45) is 5.73 Å². The summed E-state index contributed by atoms with van der Waals surface area (Å²) in [5.41, 5.74) is 5.24. The molecule has 6 heteroatoms. The highest BCUT2D eigenvalue weighted by molar-refractivity contribution is 6.29. The Hall–Kier alpha value is -1.62. The molecular weight excluding hydrogens is 230 g/mol. The number of rotatable bonds is 4. The second-order valence-electron chi connectivity index (χ2n) is 3.13. The van der Waals surface area contributed by atoms with E-state index in [-0.39, 0.29) is 23.3 Å². The van der Waals surface area contributed by atoms with E-state index in [2.05, 4.69) is 4.98 Å².